The molecule has 0 spiro atoms. The first-order valence-electron chi connectivity index (χ1n) is 5.84. The maximum Gasteiger partial charge on any atom is 0.120 e. The lowest BCUT2D eigenvalue weighted by molar-refractivity contribution is 0.144. The molecule has 3 nitrogen and oxygen atoms in total. The van der Waals surface area contributed by atoms with Gasteiger partial charge in [0.05, 0.1) is 0 Å². The Morgan fingerprint density at radius 1 is 1.38 bits per heavy atom. The van der Waals surface area contributed by atoms with Crippen LogP contribution in [-0.2, 0) is 4.74 Å². The summed E-state index contributed by atoms with van der Waals surface area (Å²) in [6, 6.07) is 7.60. The van der Waals surface area contributed by atoms with Crippen LogP contribution in [0.4, 0.5) is 0 Å². The van der Waals surface area contributed by atoms with E-state index in [0.717, 1.165) is 31.7 Å². The number of aromatic hydroxyl groups is 1. The van der Waals surface area contributed by atoms with Crippen molar-refractivity contribution in [2.24, 2.45) is 0 Å². The molecule has 0 radical (unpaired) electrons. The molecule has 0 saturated carbocycles. The monoisotopic (exact) mass is 223 g/mol. The van der Waals surface area contributed by atoms with E-state index in [4.69, 9.17) is 4.74 Å². The zero-order valence-corrected chi connectivity index (χ0v) is 10.1. The average Bonchev–Trinajstić information content (AvgIpc) is 2.29. The summed E-state index contributed by atoms with van der Waals surface area (Å²) >= 11 is 0. The molecule has 0 heterocycles. The number of phenolic OH excluding ortho intramolecular Hbond substituents is 1. The zero-order valence-electron chi connectivity index (χ0n) is 10.1. The molecule has 1 unspecified atom stereocenters. The number of hydrogen-bond acceptors (Lipinski definition) is 3. The van der Waals surface area contributed by atoms with Crippen LogP contribution in [0.15, 0.2) is 24.3 Å². The summed E-state index contributed by atoms with van der Waals surface area (Å²) in [5.41, 5.74) is 0.943. The topological polar surface area (TPSA) is 41.5 Å². The molecule has 2 N–H and O–H groups in total. The predicted molar refractivity (Wildman–Crippen MR) is 65.6 cm³/mol. The van der Waals surface area contributed by atoms with Crippen LogP contribution in [-0.4, -0.2) is 24.9 Å². The molecule has 0 aliphatic rings. The standard InChI is InChI=1S/C13H21NO2/c1-3-16-10-6-9-14-11(2)12-7-4-5-8-13(12)15/h4-5,7-8,11,14-15H,3,6,9-10H2,1-2H3. The average molecular weight is 223 g/mol. The van der Waals surface area contributed by atoms with Crippen LogP contribution < -0.4 is 5.32 Å². The number of para-hydroxylation sites is 1. The molecular weight excluding hydrogens is 202 g/mol. The summed E-state index contributed by atoms with van der Waals surface area (Å²) in [6.45, 7) is 6.51. The van der Waals surface area contributed by atoms with Gasteiger partial charge in [-0.05, 0) is 32.9 Å². The summed E-state index contributed by atoms with van der Waals surface area (Å²) in [7, 11) is 0. The fourth-order valence-electron chi connectivity index (χ4n) is 1.60. The van der Waals surface area contributed by atoms with E-state index in [0.29, 0.717) is 5.75 Å². The van der Waals surface area contributed by atoms with Crippen LogP contribution in [0.2, 0.25) is 0 Å². The van der Waals surface area contributed by atoms with Gasteiger partial charge in [0.15, 0.2) is 0 Å². The molecule has 3 heteroatoms. The lowest BCUT2D eigenvalue weighted by Gasteiger charge is -2.15. The Bertz CT molecular complexity index is 302. The van der Waals surface area contributed by atoms with Crippen LogP contribution in [0.1, 0.15) is 31.9 Å². The Kier molecular flexibility index (Phi) is 5.90. The van der Waals surface area contributed by atoms with Gasteiger partial charge >= 0.3 is 0 Å². The van der Waals surface area contributed by atoms with Crippen molar-refractivity contribution in [3.8, 4) is 5.75 Å². The largest absolute Gasteiger partial charge is 0.508 e. The smallest absolute Gasteiger partial charge is 0.120 e. The van der Waals surface area contributed by atoms with Gasteiger partial charge in [0.25, 0.3) is 0 Å². The number of nitrogens with one attached hydrogen (secondary N) is 1. The minimum atomic E-state index is 0.169. The third-order valence-electron chi connectivity index (χ3n) is 2.52. The second-order valence-corrected chi connectivity index (χ2v) is 3.79. The molecule has 1 atom stereocenters. The van der Waals surface area contributed by atoms with Crippen molar-refractivity contribution >= 4 is 0 Å². The second kappa shape index (κ2) is 7.25. The van der Waals surface area contributed by atoms with Gasteiger partial charge in [0, 0.05) is 24.8 Å². The molecule has 0 aliphatic heterocycles. The van der Waals surface area contributed by atoms with Gasteiger partial charge in [-0.1, -0.05) is 18.2 Å². The van der Waals surface area contributed by atoms with Gasteiger partial charge < -0.3 is 15.2 Å². The molecule has 0 saturated heterocycles. The van der Waals surface area contributed by atoms with Gasteiger partial charge in [-0.15, -0.1) is 0 Å². The van der Waals surface area contributed by atoms with Gasteiger partial charge in [0.1, 0.15) is 5.75 Å². The van der Waals surface area contributed by atoms with Crippen LogP contribution in [0.25, 0.3) is 0 Å². The van der Waals surface area contributed by atoms with Crippen molar-refractivity contribution in [3.63, 3.8) is 0 Å². The summed E-state index contributed by atoms with van der Waals surface area (Å²) in [5, 5.41) is 13.0. The lowest BCUT2D eigenvalue weighted by atomic mass is 10.1. The maximum absolute atomic E-state index is 9.66. The van der Waals surface area contributed by atoms with Crippen molar-refractivity contribution in [2.45, 2.75) is 26.3 Å². The van der Waals surface area contributed by atoms with Crippen molar-refractivity contribution in [1.29, 1.82) is 0 Å². The SMILES string of the molecule is CCOCCCNC(C)c1ccccc1O. The van der Waals surface area contributed by atoms with E-state index in [2.05, 4.69) is 12.2 Å². The molecule has 0 aliphatic carbocycles. The Morgan fingerprint density at radius 3 is 2.81 bits per heavy atom. The number of benzene rings is 1. The minimum Gasteiger partial charge on any atom is -0.508 e. The van der Waals surface area contributed by atoms with Crippen molar-refractivity contribution in [3.05, 3.63) is 29.8 Å². The molecule has 1 aromatic carbocycles. The third kappa shape index (κ3) is 4.21. The van der Waals surface area contributed by atoms with Crippen LogP contribution >= 0.6 is 0 Å². The Hall–Kier alpha value is -1.06. The van der Waals surface area contributed by atoms with E-state index in [1.165, 1.54) is 0 Å². The van der Waals surface area contributed by atoms with Gasteiger partial charge in [-0.2, -0.15) is 0 Å². The second-order valence-electron chi connectivity index (χ2n) is 3.79. The number of hydrogen-bond donors (Lipinski definition) is 2. The van der Waals surface area contributed by atoms with E-state index in [-0.39, 0.29) is 6.04 Å². The third-order valence-corrected chi connectivity index (χ3v) is 2.52. The molecule has 1 aromatic rings. The van der Waals surface area contributed by atoms with Gasteiger partial charge in [-0.25, -0.2) is 0 Å². The molecule has 90 valence electrons. The Labute approximate surface area is 97.4 Å². The highest BCUT2D eigenvalue weighted by atomic mass is 16.5. The highest BCUT2D eigenvalue weighted by Gasteiger charge is 2.07. The van der Waals surface area contributed by atoms with E-state index in [9.17, 15) is 5.11 Å². The summed E-state index contributed by atoms with van der Waals surface area (Å²) in [4.78, 5) is 0. The van der Waals surface area contributed by atoms with Crippen LogP contribution in [0.3, 0.4) is 0 Å². The predicted octanol–water partition coefficient (Wildman–Crippen LogP) is 2.47. The number of phenols is 1. The normalized spacial score (nSPS) is 12.6. The highest BCUT2D eigenvalue weighted by Crippen LogP contribution is 2.22. The number of ether oxygens (including phenoxy) is 1. The molecule has 0 fully saturated rings. The van der Waals surface area contributed by atoms with Crippen LogP contribution in [0, 0.1) is 0 Å². The van der Waals surface area contributed by atoms with Crippen molar-refractivity contribution in [2.75, 3.05) is 19.8 Å². The zero-order chi connectivity index (χ0) is 11.8. The summed E-state index contributed by atoms with van der Waals surface area (Å²) in [5.74, 6) is 0.354. The lowest BCUT2D eigenvalue weighted by Crippen LogP contribution is -2.21. The Morgan fingerprint density at radius 2 is 2.12 bits per heavy atom. The molecule has 16 heavy (non-hydrogen) atoms. The van der Waals surface area contributed by atoms with E-state index in [1.807, 2.05) is 25.1 Å². The quantitative estimate of drug-likeness (QED) is 0.698. The first-order valence-corrected chi connectivity index (χ1v) is 5.84. The highest BCUT2D eigenvalue weighted by molar-refractivity contribution is 5.33. The minimum absolute atomic E-state index is 0.169. The van der Waals surface area contributed by atoms with E-state index in [1.54, 1.807) is 6.07 Å². The fourth-order valence-corrected chi connectivity index (χ4v) is 1.60. The molecular formula is C13H21NO2. The first-order chi connectivity index (χ1) is 7.75. The molecule has 0 bridgehead atoms. The number of rotatable bonds is 7. The van der Waals surface area contributed by atoms with Gasteiger partial charge in [-0.3, -0.25) is 0 Å². The molecule has 0 amide bonds. The van der Waals surface area contributed by atoms with Crippen molar-refractivity contribution in [1.82, 2.24) is 5.32 Å². The first kappa shape index (κ1) is 13.0. The summed E-state index contributed by atoms with van der Waals surface area (Å²) in [6.07, 6.45) is 0.992. The van der Waals surface area contributed by atoms with Gasteiger partial charge in [0.2, 0.25) is 0 Å². The van der Waals surface area contributed by atoms with Crippen LogP contribution in [0.5, 0.6) is 5.75 Å². The van der Waals surface area contributed by atoms with Crippen molar-refractivity contribution < 1.29 is 9.84 Å². The summed E-state index contributed by atoms with van der Waals surface area (Å²) < 4.78 is 5.26. The maximum atomic E-state index is 9.66. The molecule has 1 rings (SSSR count). The van der Waals surface area contributed by atoms with E-state index >= 15 is 0 Å². The molecule has 0 aromatic heterocycles. The fraction of sp³-hybridized carbons (Fsp3) is 0.538. The Balaban J connectivity index is 2.30. The van der Waals surface area contributed by atoms with E-state index < -0.39 is 0 Å².